The summed E-state index contributed by atoms with van der Waals surface area (Å²) in [6, 6.07) is 8.04. The van der Waals surface area contributed by atoms with Crippen LogP contribution in [0.3, 0.4) is 0 Å². The van der Waals surface area contributed by atoms with Crippen molar-refractivity contribution in [1.29, 1.82) is 0 Å². The Balaban J connectivity index is 1.60. The van der Waals surface area contributed by atoms with Crippen LogP contribution in [0.4, 0.5) is 0 Å². The lowest BCUT2D eigenvalue weighted by Gasteiger charge is -2.31. The monoisotopic (exact) mass is 487 g/mol. The first kappa shape index (κ1) is 23.4. The normalized spacial score (nSPS) is 14.3. The lowest BCUT2D eigenvalue weighted by atomic mass is 9.78. The number of allylic oxidation sites excluding steroid dienone is 2. The van der Waals surface area contributed by atoms with Crippen LogP contribution in [0.5, 0.6) is 0 Å². The second-order valence-electron chi connectivity index (χ2n) is 8.87. The second-order valence-corrected chi connectivity index (χ2v) is 8.87. The number of hydrogen-bond donors (Lipinski definition) is 2. The van der Waals surface area contributed by atoms with Crippen LogP contribution in [-0.2, 0) is 24.9 Å². The van der Waals surface area contributed by atoms with E-state index in [2.05, 4.69) is 79.6 Å². The molecule has 1 aliphatic rings. The lowest BCUT2D eigenvalue weighted by molar-refractivity contribution is 0.494. The third-order valence-electron chi connectivity index (χ3n) is 6.40. The summed E-state index contributed by atoms with van der Waals surface area (Å²) in [5, 5.41) is 29.4. The van der Waals surface area contributed by atoms with E-state index in [0.29, 0.717) is 24.9 Å². The Morgan fingerprint density at radius 1 is 1.06 bits per heavy atom. The van der Waals surface area contributed by atoms with Gasteiger partial charge in [0.15, 0.2) is 5.82 Å². The van der Waals surface area contributed by atoms with Crippen LogP contribution in [0.25, 0.3) is 17.3 Å². The SMILES string of the molecule is CCCCc1cn(-c2nnnn2CCC)c(=O)n1CC1(c2cccc(-c3nnn[nH]3)c2)C=CNC=C1. The van der Waals surface area contributed by atoms with E-state index >= 15 is 0 Å². The van der Waals surface area contributed by atoms with Crippen molar-refractivity contribution in [1.82, 2.24) is 55.3 Å². The number of dihydropyridines is 1. The van der Waals surface area contributed by atoms with E-state index in [-0.39, 0.29) is 5.69 Å². The molecule has 186 valence electrons. The highest BCUT2D eigenvalue weighted by Crippen LogP contribution is 2.33. The molecule has 0 spiro atoms. The molecule has 3 aromatic heterocycles. The molecule has 0 unspecified atom stereocenters. The predicted octanol–water partition coefficient (Wildman–Crippen LogP) is 2.13. The van der Waals surface area contributed by atoms with E-state index < -0.39 is 5.41 Å². The first-order valence-electron chi connectivity index (χ1n) is 12.2. The minimum absolute atomic E-state index is 0.163. The Bertz CT molecular complexity index is 1410. The molecule has 0 amide bonds. The molecule has 4 heterocycles. The Morgan fingerprint density at radius 3 is 2.67 bits per heavy atom. The van der Waals surface area contributed by atoms with Gasteiger partial charge in [-0.15, -0.1) is 5.10 Å². The van der Waals surface area contributed by atoms with Crippen LogP contribution in [0.1, 0.15) is 44.4 Å². The van der Waals surface area contributed by atoms with Gasteiger partial charge in [0.05, 0.1) is 5.41 Å². The van der Waals surface area contributed by atoms with Crippen molar-refractivity contribution in [3.05, 3.63) is 76.8 Å². The van der Waals surface area contributed by atoms with Gasteiger partial charge in [-0.25, -0.2) is 19.1 Å². The van der Waals surface area contributed by atoms with Gasteiger partial charge in [0.2, 0.25) is 0 Å². The van der Waals surface area contributed by atoms with Crippen LogP contribution in [0.15, 0.2) is 59.8 Å². The first-order chi connectivity index (χ1) is 17.6. The summed E-state index contributed by atoms with van der Waals surface area (Å²) in [6.45, 7) is 5.24. The standard InChI is InChI=1S/C24H29N11O/c1-3-5-9-20-16-33(22-28-31-32-35(22)14-4-2)23(36)34(20)17-24(10-12-25-13-11-24)19-8-6-7-18(15-19)21-26-29-30-27-21/h6-8,10-13,15-16,25H,3-5,9,14,17H2,1-2H3,(H,26,27,29,30). The van der Waals surface area contributed by atoms with E-state index in [1.165, 1.54) is 0 Å². The van der Waals surface area contributed by atoms with Crippen molar-refractivity contribution in [2.45, 2.75) is 58.0 Å². The maximum Gasteiger partial charge on any atom is 0.335 e. The lowest BCUT2D eigenvalue weighted by Crippen LogP contribution is -2.36. The highest BCUT2D eigenvalue weighted by atomic mass is 16.2. The van der Waals surface area contributed by atoms with E-state index in [4.69, 9.17) is 0 Å². The van der Waals surface area contributed by atoms with Gasteiger partial charge in [0.25, 0.3) is 5.95 Å². The Morgan fingerprint density at radius 2 is 1.92 bits per heavy atom. The number of benzene rings is 1. The molecule has 12 heteroatoms. The van der Waals surface area contributed by atoms with E-state index in [0.717, 1.165) is 42.5 Å². The number of aromatic amines is 1. The molecule has 1 aromatic carbocycles. The Labute approximate surface area is 207 Å². The zero-order valence-electron chi connectivity index (χ0n) is 20.4. The molecular formula is C24H29N11O. The number of nitrogens with one attached hydrogen (secondary N) is 2. The van der Waals surface area contributed by atoms with Gasteiger partial charge >= 0.3 is 5.69 Å². The van der Waals surface area contributed by atoms with Crippen LogP contribution >= 0.6 is 0 Å². The third-order valence-corrected chi connectivity index (χ3v) is 6.40. The van der Waals surface area contributed by atoms with Crippen LogP contribution in [-0.4, -0.2) is 50.0 Å². The fourth-order valence-electron chi connectivity index (χ4n) is 4.52. The van der Waals surface area contributed by atoms with Crippen LogP contribution in [0.2, 0.25) is 0 Å². The second kappa shape index (κ2) is 10.1. The molecule has 2 N–H and O–H groups in total. The minimum Gasteiger partial charge on any atom is -0.368 e. The van der Waals surface area contributed by atoms with E-state index in [9.17, 15) is 4.79 Å². The molecule has 0 saturated carbocycles. The fraction of sp³-hybridized carbons (Fsp3) is 0.375. The van der Waals surface area contributed by atoms with Crippen molar-refractivity contribution < 1.29 is 0 Å². The van der Waals surface area contributed by atoms with Crippen molar-refractivity contribution >= 4 is 0 Å². The average Bonchev–Trinajstić information content (AvgIpc) is 3.66. The van der Waals surface area contributed by atoms with E-state index in [1.54, 1.807) is 9.25 Å². The van der Waals surface area contributed by atoms with Gasteiger partial charge in [-0.05, 0) is 64.1 Å². The summed E-state index contributed by atoms with van der Waals surface area (Å²) >= 11 is 0. The van der Waals surface area contributed by atoms with Crippen molar-refractivity contribution in [3.63, 3.8) is 0 Å². The summed E-state index contributed by atoms with van der Waals surface area (Å²) in [5.41, 5.74) is 2.10. The van der Waals surface area contributed by atoms with Gasteiger partial charge in [-0.1, -0.05) is 55.7 Å². The topological polar surface area (TPSA) is 137 Å². The number of aryl methyl sites for hydroxylation is 2. The molecule has 4 aromatic rings. The third kappa shape index (κ3) is 4.37. The number of aromatic nitrogens is 10. The maximum absolute atomic E-state index is 13.8. The molecule has 0 bridgehead atoms. The van der Waals surface area contributed by atoms with Crippen molar-refractivity contribution in [3.8, 4) is 17.3 Å². The summed E-state index contributed by atoms with van der Waals surface area (Å²) in [5.74, 6) is 1.02. The molecule has 36 heavy (non-hydrogen) atoms. The van der Waals surface area contributed by atoms with Gasteiger partial charge in [0.1, 0.15) is 0 Å². The summed E-state index contributed by atoms with van der Waals surface area (Å²) in [6.07, 6.45) is 13.5. The van der Waals surface area contributed by atoms with E-state index in [1.807, 2.05) is 35.3 Å². The number of tetrazole rings is 2. The molecule has 5 rings (SSSR count). The molecule has 0 fully saturated rings. The van der Waals surface area contributed by atoms with Gasteiger partial charge in [0, 0.05) is 30.5 Å². The highest BCUT2D eigenvalue weighted by Gasteiger charge is 2.32. The zero-order chi connectivity index (χ0) is 25.0. The quantitative estimate of drug-likeness (QED) is 0.347. The number of hydrogen-bond acceptors (Lipinski definition) is 8. The van der Waals surface area contributed by atoms with Crippen LogP contribution < -0.4 is 11.0 Å². The number of unbranched alkanes of at least 4 members (excludes halogenated alkanes) is 1. The summed E-state index contributed by atoms with van der Waals surface area (Å²) in [4.78, 5) is 13.8. The summed E-state index contributed by atoms with van der Waals surface area (Å²) in [7, 11) is 0. The molecule has 0 aliphatic carbocycles. The number of nitrogens with zero attached hydrogens (tertiary/aromatic N) is 9. The fourth-order valence-corrected chi connectivity index (χ4v) is 4.52. The number of imidazole rings is 1. The maximum atomic E-state index is 13.8. The van der Waals surface area contributed by atoms with Gasteiger partial charge < -0.3 is 5.32 Å². The average molecular weight is 488 g/mol. The molecule has 0 radical (unpaired) electrons. The molecule has 0 saturated heterocycles. The molecular weight excluding hydrogens is 458 g/mol. The van der Waals surface area contributed by atoms with Crippen molar-refractivity contribution in [2.75, 3.05) is 0 Å². The van der Waals surface area contributed by atoms with Crippen molar-refractivity contribution in [2.24, 2.45) is 0 Å². The molecule has 12 nitrogen and oxygen atoms in total. The zero-order valence-corrected chi connectivity index (χ0v) is 20.4. The predicted molar refractivity (Wildman–Crippen MR) is 133 cm³/mol. The largest absolute Gasteiger partial charge is 0.368 e. The Hall–Kier alpha value is -4.35. The smallest absolute Gasteiger partial charge is 0.335 e. The van der Waals surface area contributed by atoms with Gasteiger partial charge in [-0.3, -0.25) is 4.57 Å². The number of H-pyrrole nitrogens is 1. The van der Waals surface area contributed by atoms with Gasteiger partial charge in [-0.2, -0.15) is 0 Å². The first-order valence-corrected chi connectivity index (χ1v) is 12.2. The van der Waals surface area contributed by atoms with Crippen LogP contribution in [0, 0.1) is 0 Å². The highest BCUT2D eigenvalue weighted by molar-refractivity contribution is 5.57. The Kier molecular flexibility index (Phi) is 6.56. The molecule has 0 atom stereocenters. The number of rotatable bonds is 10. The summed E-state index contributed by atoms with van der Waals surface area (Å²) < 4.78 is 5.09. The minimum atomic E-state index is -0.568. The molecule has 1 aliphatic heterocycles.